The van der Waals surface area contributed by atoms with Crippen molar-refractivity contribution in [2.45, 2.75) is 13.5 Å². The zero-order valence-corrected chi connectivity index (χ0v) is 8.94. The SMILES string of the molecule is Cc1nnc(-c2ccccc2CN)n1C. The van der Waals surface area contributed by atoms with Crippen LogP contribution in [0.3, 0.4) is 0 Å². The van der Waals surface area contributed by atoms with E-state index in [-0.39, 0.29) is 0 Å². The summed E-state index contributed by atoms with van der Waals surface area (Å²) in [4.78, 5) is 0. The van der Waals surface area contributed by atoms with Gasteiger partial charge < -0.3 is 10.3 Å². The Hall–Kier alpha value is -1.68. The molecule has 0 aliphatic carbocycles. The van der Waals surface area contributed by atoms with Gasteiger partial charge in [0, 0.05) is 19.2 Å². The maximum atomic E-state index is 5.69. The maximum Gasteiger partial charge on any atom is 0.164 e. The lowest BCUT2D eigenvalue weighted by Crippen LogP contribution is -2.02. The number of rotatable bonds is 2. The van der Waals surface area contributed by atoms with Gasteiger partial charge in [-0.25, -0.2) is 0 Å². The third kappa shape index (κ3) is 1.64. The Kier molecular flexibility index (Phi) is 2.51. The first kappa shape index (κ1) is 9.86. The van der Waals surface area contributed by atoms with Gasteiger partial charge in [-0.1, -0.05) is 24.3 Å². The summed E-state index contributed by atoms with van der Waals surface area (Å²) in [6, 6.07) is 8.00. The molecule has 2 N–H and O–H groups in total. The predicted molar refractivity (Wildman–Crippen MR) is 59.1 cm³/mol. The molecule has 2 aromatic rings. The monoisotopic (exact) mass is 202 g/mol. The van der Waals surface area contributed by atoms with Crippen molar-refractivity contribution in [3.05, 3.63) is 35.7 Å². The lowest BCUT2D eigenvalue weighted by atomic mass is 10.1. The molecule has 0 saturated carbocycles. The molecule has 0 aliphatic rings. The van der Waals surface area contributed by atoms with Gasteiger partial charge in [0.05, 0.1) is 0 Å². The summed E-state index contributed by atoms with van der Waals surface area (Å²) >= 11 is 0. The molecule has 78 valence electrons. The van der Waals surface area contributed by atoms with E-state index >= 15 is 0 Å². The smallest absolute Gasteiger partial charge is 0.164 e. The van der Waals surface area contributed by atoms with Crippen molar-refractivity contribution < 1.29 is 0 Å². The van der Waals surface area contributed by atoms with Crippen molar-refractivity contribution in [2.75, 3.05) is 0 Å². The van der Waals surface area contributed by atoms with Crippen molar-refractivity contribution >= 4 is 0 Å². The van der Waals surface area contributed by atoms with Gasteiger partial charge in [-0.15, -0.1) is 10.2 Å². The Morgan fingerprint density at radius 3 is 2.60 bits per heavy atom. The zero-order valence-electron chi connectivity index (χ0n) is 8.94. The quantitative estimate of drug-likeness (QED) is 0.797. The van der Waals surface area contributed by atoms with Crippen molar-refractivity contribution in [1.29, 1.82) is 0 Å². The lowest BCUT2D eigenvalue weighted by molar-refractivity contribution is 0.863. The molecule has 15 heavy (non-hydrogen) atoms. The number of hydrogen-bond donors (Lipinski definition) is 1. The molecule has 0 amide bonds. The second kappa shape index (κ2) is 3.82. The Morgan fingerprint density at radius 1 is 1.27 bits per heavy atom. The van der Waals surface area contributed by atoms with E-state index in [1.54, 1.807) is 0 Å². The second-order valence-electron chi connectivity index (χ2n) is 3.49. The van der Waals surface area contributed by atoms with Crippen molar-refractivity contribution in [3.63, 3.8) is 0 Å². The first-order valence-corrected chi connectivity index (χ1v) is 4.88. The van der Waals surface area contributed by atoms with Crippen LogP contribution in [0.1, 0.15) is 11.4 Å². The van der Waals surface area contributed by atoms with Crippen LogP contribution in [-0.2, 0) is 13.6 Å². The fourth-order valence-electron chi connectivity index (χ4n) is 1.56. The van der Waals surface area contributed by atoms with Gasteiger partial charge in [-0.2, -0.15) is 0 Å². The number of hydrogen-bond acceptors (Lipinski definition) is 3. The molecule has 0 saturated heterocycles. The molecule has 0 spiro atoms. The van der Waals surface area contributed by atoms with Crippen LogP contribution < -0.4 is 5.73 Å². The fraction of sp³-hybridized carbons (Fsp3) is 0.273. The average molecular weight is 202 g/mol. The molecule has 0 bridgehead atoms. The molecule has 1 heterocycles. The summed E-state index contributed by atoms with van der Waals surface area (Å²) in [6.07, 6.45) is 0. The van der Waals surface area contributed by atoms with Gasteiger partial charge >= 0.3 is 0 Å². The molecule has 1 aromatic heterocycles. The number of aromatic nitrogens is 3. The summed E-state index contributed by atoms with van der Waals surface area (Å²) in [5.74, 6) is 1.77. The predicted octanol–water partition coefficient (Wildman–Crippen LogP) is 1.25. The summed E-state index contributed by atoms with van der Waals surface area (Å²) in [5, 5.41) is 8.19. The van der Waals surface area contributed by atoms with Crippen LogP contribution in [-0.4, -0.2) is 14.8 Å². The van der Waals surface area contributed by atoms with E-state index in [0.717, 1.165) is 22.8 Å². The van der Waals surface area contributed by atoms with Crippen LogP contribution in [0.5, 0.6) is 0 Å². The molecule has 0 aliphatic heterocycles. The first-order chi connectivity index (χ1) is 7.24. The Bertz CT molecular complexity index is 473. The minimum atomic E-state index is 0.516. The lowest BCUT2D eigenvalue weighted by Gasteiger charge is -2.06. The van der Waals surface area contributed by atoms with E-state index in [1.807, 2.05) is 42.8 Å². The van der Waals surface area contributed by atoms with Crippen LogP contribution in [0.25, 0.3) is 11.4 Å². The van der Waals surface area contributed by atoms with Crippen LogP contribution in [0.2, 0.25) is 0 Å². The molecule has 4 nitrogen and oxygen atoms in total. The summed E-state index contributed by atoms with van der Waals surface area (Å²) < 4.78 is 1.97. The Labute approximate surface area is 88.8 Å². The molecule has 2 rings (SSSR count). The highest BCUT2D eigenvalue weighted by Gasteiger charge is 2.10. The number of benzene rings is 1. The van der Waals surface area contributed by atoms with Crippen LogP contribution in [0.4, 0.5) is 0 Å². The van der Waals surface area contributed by atoms with E-state index in [9.17, 15) is 0 Å². The number of nitrogens with two attached hydrogens (primary N) is 1. The van der Waals surface area contributed by atoms with Gasteiger partial charge in [0.1, 0.15) is 5.82 Å². The summed E-state index contributed by atoms with van der Waals surface area (Å²) in [5.41, 5.74) is 7.84. The first-order valence-electron chi connectivity index (χ1n) is 4.88. The highest BCUT2D eigenvalue weighted by Crippen LogP contribution is 2.21. The van der Waals surface area contributed by atoms with Gasteiger partial charge in [-0.05, 0) is 12.5 Å². The van der Waals surface area contributed by atoms with Crippen LogP contribution >= 0.6 is 0 Å². The molecule has 0 unspecified atom stereocenters. The Morgan fingerprint density at radius 2 is 2.00 bits per heavy atom. The minimum Gasteiger partial charge on any atom is -0.326 e. The van der Waals surface area contributed by atoms with Crippen molar-refractivity contribution in [1.82, 2.24) is 14.8 Å². The highest BCUT2D eigenvalue weighted by atomic mass is 15.3. The summed E-state index contributed by atoms with van der Waals surface area (Å²) in [7, 11) is 1.96. The van der Waals surface area contributed by atoms with E-state index in [1.165, 1.54) is 0 Å². The molecular weight excluding hydrogens is 188 g/mol. The zero-order chi connectivity index (χ0) is 10.8. The molecule has 0 radical (unpaired) electrons. The average Bonchev–Trinajstić information content (AvgIpc) is 2.60. The van der Waals surface area contributed by atoms with E-state index in [2.05, 4.69) is 10.2 Å². The maximum absolute atomic E-state index is 5.69. The molecule has 0 fully saturated rings. The molecule has 0 atom stereocenters. The third-order valence-corrected chi connectivity index (χ3v) is 2.57. The van der Waals surface area contributed by atoms with Crippen LogP contribution in [0.15, 0.2) is 24.3 Å². The minimum absolute atomic E-state index is 0.516. The van der Waals surface area contributed by atoms with E-state index < -0.39 is 0 Å². The normalized spacial score (nSPS) is 10.6. The molecular formula is C11H14N4. The summed E-state index contributed by atoms with van der Waals surface area (Å²) in [6.45, 7) is 2.45. The highest BCUT2D eigenvalue weighted by molar-refractivity contribution is 5.60. The Balaban J connectivity index is 2.58. The van der Waals surface area contributed by atoms with Crippen molar-refractivity contribution in [2.24, 2.45) is 12.8 Å². The van der Waals surface area contributed by atoms with Gasteiger partial charge in [0.25, 0.3) is 0 Å². The third-order valence-electron chi connectivity index (χ3n) is 2.57. The largest absolute Gasteiger partial charge is 0.326 e. The topological polar surface area (TPSA) is 56.7 Å². The van der Waals surface area contributed by atoms with E-state index in [0.29, 0.717) is 6.54 Å². The van der Waals surface area contributed by atoms with E-state index in [4.69, 9.17) is 5.73 Å². The van der Waals surface area contributed by atoms with Crippen LogP contribution in [0, 0.1) is 6.92 Å². The second-order valence-corrected chi connectivity index (χ2v) is 3.49. The van der Waals surface area contributed by atoms with Gasteiger partial charge in [0.2, 0.25) is 0 Å². The van der Waals surface area contributed by atoms with Gasteiger partial charge in [0.15, 0.2) is 5.82 Å². The van der Waals surface area contributed by atoms with Crippen molar-refractivity contribution in [3.8, 4) is 11.4 Å². The molecule has 1 aromatic carbocycles. The number of nitrogens with zero attached hydrogens (tertiary/aromatic N) is 3. The number of aryl methyl sites for hydroxylation is 1. The molecule has 4 heteroatoms. The standard InChI is InChI=1S/C11H14N4/c1-8-13-14-11(15(8)2)10-6-4-3-5-9(10)7-12/h3-6H,7,12H2,1-2H3. The fourth-order valence-corrected chi connectivity index (χ4v) is 1.56. The van der Waals surface area contributed by atoms with Gasteiger partial charge in [-0.3, -0.25) is 0 Å².